The van der Waals surface area contributed by atoms with Crippen LogP contribution < -0.4 is 15.1 Å². The van der Waals surface area contributed by atoms with E-state index in [0.717, 1.165) is 43.3 Å². The highest BCUT2D eigenvalue weighted by Crippen LogP contribution is 2.21. The summed E-state index contributed by atoms with van der Waals surface area (Å²) in [7, 11) is 0. The maximum absolute atomic E-state index is 12.4. The van der Waals surface area contributed by atoms with Crippen molar-refractivity contribution in [3.05, 3.63) is 69.7 Å². The first-order valence-electron chi connectivity index (χ1n) is 9.46. The molecule has 1 fully saturated rings. The molecule has 0 saturated carbocycles. The SMILES string of the molecule is C[C@H](NC(=O)C[NH+]1CC[NH+](Cc2ccc(Cl)cc2)CC1)c1ccccc1Cl. The van der Waals surface area contributed by atoms with E-state index in [0.29, 0.717) is 11.6 Å². The van der Waals surface area contributed by atoms with Crippen molar-refractivity contribution in [2.24, 2.45) is 0 Å². The Morgan fingerprint density at radius 1 is 1.00 bits per heavy atom. The van der Waals surface area contributed by atoms with Crippen LogP contribution in [0.25, 0.3) is 0 Å². The zero-order valence-corrected chi connectivity index (χ0v) is 17.1. The molecule has 4 nitrogen and oxygen atoms in total. The number of carbonyl (C=O) groups is 1. The number of carbonyl (C=O) groups excluding carboxylic acids is 1. The number of piperazine rings is 1. The average Bonchev–Trinajstić information content (AvgIpc) is 2.65. The Morgan fingerprint density at radius 2 is 1.63 bits per heavy atom. The third-order valence-electron chi connectivity index (χ3n) is 5.19. The minimum absolute atomic E-state index is 0.0811. The van der Waals surface area contributed by atoms with Crippen LogP contribution in [0.2, 0.25) is 10.0 Å². The molecule has 0 aliphatic carbocycles. The van der Waals surface area contributed by atoms with Crippen LogP contribution >= 0.6 is 23.2 Å². The van der Waals surface area contributed by atoms with Crippen LogP contribution in [0.15, 0.2) is 48.5 Å². The van der Waals surface area contributed by atoms with Crippen molar-refractivity contribution < 1.29 is 14.6 Å². The Hall–Kier alpha value is -1.59. The van der Waals surface area contributed by atoms with Gasteiger partial charge in [0.25, 0.3) is 5.91 Å². The molecule has 2 aromatic rings. The Kier molecular flexibility index (Phi) is 7.13. The second-order valence-electron chi connectivity index (χ2n) is 7.29. The summed E-state index contributed by atoms with van der Waals surface area (Å²) in [5, 5.41) is 4.55. The first-order chi connectivity index (χ1) is 13.0. The Labute approximate surface area is 171 Å². The van der Waals surface area contributed by atoms with E-state index >= 15 is 0 Å². The van der Waals surface area contributed by atoms with E-state index in [9.17, 15) is 4.79 Å². The van der Waals surface area contributed by atoms with Gasteiger partial charge in [-0.1, -0.05) is 53.5 Å². The maximum Gasteiger partial charge on any atom is 0.275 e. The van der Waals surface area contributed by atoms with Gasteiger partial charge in [-0.2, -0.15) is 0 Å². The summed E-state index contributed by atoms with van der Waals surface area (Å²) in [5.41, 5.74) is 2.27. The fourth-order valence-corrected chi connectivity index (χ4v) is 4.05. The highest BCUT2D eigenvalue weighted by molar-refractivity contribution is 6.31. The van der Waals surface area contributed by atoms with Gasteiger partial charge in [-0.3, -0.25) is 4.79 Å². The number of rotatable bonds is 6. The molecule has 0 spiro atoms. The number of hydrogen-bond acceptors (Lipinski definition) is 1. The summed E-state index contributed by atoms with van der Waals surface area (Å²) in [4.78, 5) is 15.3. The van der Waals surface area contributed by atoms with Crippen LogP contribution in [0.5, 0.6) is 0 Å². The number of halogens is 2. The highest BCUT2D eigenvalue weighted by Gasteiger charge is 2.25. The van der Waals surface area contributed by atoms with Gasteiger partial charge in [0.05, 0.1) is 6.04 Å². The van der Waals surface area contributed by atoms with Gasteiger partial charge in [0.1, 0.15) is 32.7 Å². The second-order valence-corrected chi connectivity index (χ2v) is 8.13. The van der Waals surface area contributed by atoms with Crippen molar-refractivity contribution in [3.8, 4) is 0 Å². The van der Waals surface area contributed by atoms with Gasteiger partial charge in [-0.05, 0) is 30.7 Å². The normalized spacial score (nSPS) is 20.9. The van der Waals surface area contributed by atoms with Gasteiger partial charge in [0, 0.05) is 15.6 Å². The molecule has 1 heterocycles. The second kappa shape index (κ2) is 9.56. The van der Waals surface area contributed by atoms with E-state index in [2.05, 4.69) is 17.4 Å². The van der Waals surface area contributed by atoms with Crippen molar-refractivity contribution >= 4 is 29.1 Å². The van der Waals surface area contributed by atoms with E-state index in [-0.39, 0.29) is 11.9 Å². The lowest BCUT2D eigenvalue weighted by Gasteiger charge is -2.29. The summed E-state index contributed by atoms with van der Waals surface area (Å²) in [6.07, 6.45) is 0. The molecular formula is C21H27Cl2N3O+2. The van der Waals surface area contributed by atoms with Crippen LogP contribution in [0, 0.1) is 0 Å². The van der Waals surface area contributed by atoms with Crippen LogP contribution in [0.1, 0.15) is 24.1 Å². The van der Waals surface area contributed by atoms with Crippen molar-refractivity contribution in [1.29, 1.82) is 0 Å². The lowest BCUT2D eigenvalue weighted by molar-refractivity contribution is -1.02. The number of amides is 1. The van der Waals surface area contributed by atoms with Gasteiger partial charge in [0.15, 0.2) is 6.54 Å². The molecule has 1 amide bonds. The van der Waals surface area contributed by atoms with E-state index in [1.165, 1.54) is 10.5 Å². The van der Waals surface area contributed by atoms with Crippen LogP contribution in [0.4, 0.5) is 0 Å². The monoisotopic (exact) mass is 407 g/mol. The molecule has 2 aromatic carbocycles. The van der Waals surface area contributed by atoms with Crippen molar-refractivity contribution in [3.63, 3.8) is 0 Å². The highest BCUT2D eigenvalue weighted by atomic mass is 35.5. The molecular weight excluding hydrogens is 381 g/mol. The first kappa shape index (κ1) is 20.2. The molecule has 0 bridgehead atoms. The van der Waals surface area contributed by atoms with Crippen LogP contribution in [-0.4, -0.2) is 38.6 Å². The summed E-state index contributed by atoms with van der Waals surface area (Å²) in [5.74, 6) is 0.0820. The Bertz CT molecular complexity index is 758. The van der Waals surface area contributed by atoms with Crippen LogP contribution in [-0.2, 0) is 11.3 Å². The topological polar surface area (TPSA) is 38.0 Å². The predicted octanol–water partition coefficient (Wildman–Crippen LogP) is 1.15. The van der Waals surface area contributed by atoms with Gasteiger partial charge >= 0.3 is 0 Å². The third kappa shape index (κ3) is 5.94. The van der Waals surface area contributed by atoms with E-state index in [4.69, 9.17) is 23.2 Å². The van der Waals surface area contributed by atoms with Crippen LogP contribution in [0.3, 0.4) is 0 Å². The number of hydrogen-bond donors (Lipinski definition) is 3. The van der Waals surface area contributed by atoms with E-state index < -0.39 is 0 Å². The fourth-order valence-electron chi connectivity index (χ4n) is 3.63. The van der Waals surface area contributed by atoms with E-state index in [1.807, 2.05) is 43.3 Å². The standard InChI is InChI=1S/C21H25Cl2N3O/c1-16(19-4-2-3-5-20(19)23)24-21(27)15-26-12-10-25(11-13-26)14-17-6-8-18(22)9-7-17/h2-9,16H,10-15H2,1H3,(H,24,27)/p+2/t16-/m0/s1. The summed E-state index contributed by atoms with van der Waals surface area (Å²) < 4.78 is 0. The first-order valence-corrected chi connectivity index (χ1v) is 10.2. The number of quaternary nitrogens is 2. The molecule has 0 unspecified atom stereocenters. The lowest BCUT2D eigenvalue weighted by Crippen LogP contribution is -3.28. The molecule has 27 heavy (non-hydrogen) atoms. The molecule has 0 aromatic heterocycles. The summed E-state index contributed by atoms with van der Waals surface area (Å²) in [6, 6.07) is 15.7. The number of benzene rings is 2. The van der Waals surface area contributed by atoms with Crippen molar-refractivity contribution in [2.45, 2.75) is 19.5 Å². The molecule has 0 radical (unpaired) electrons. The van der Waals surface area contributed by atoms with Gasteiger partial charge in [0.2, 0.25) is 0 Å². The average molecular weight is 408 g/mol. The molecule has 1 saturated heterocycles. The van der Waals surface area contributed by atoms with Gasteiger partial charge in [-0.15, -0.1) is 0 Å². The Morgan fingerprint density at radius 3 is 2.30 bits per heavy atom. The number of nitrogens with one attached hydrogen (secondary N) is 3. The van der Waals surface area contributed by atoms with Crippen molar-refractivity contribution in [1.82, 2.24) is 5.32 Å². The molecule has 3 rings (SSSR count). The Balaban J connectivity index is 1.42. The fraction of sp³-hybridized carbons (Fsp3) is 0.381. The molecule has 3 N–H and O–H groups in total. The lowest BCUT2D eigenvalue weighted by atomic mass is 10.1. The third-order valence-corrected chi connectivity index (χ3v) is 5.79. The molecule has 1 aliphatic heterocycles. The molecule has 1 atom stereocenters. The zero-order chi connectivity index (χ0) is 19.2. The quantitative estimate of drug-likeness (QED) is 0.660. The van der Waals surface area contributed by atoms with Gasteiger partial charge < -0.3 is 15.1 Å². The minimum atomic E-state index is -0.0811. The summed E-state index contributed by atoms with van der Waals surface area (Å²) in [6.45, 7) is 7.68. The summed E-state index contributed by atoms with van der Waals surface area (Å²) >= 11 is 12.2. The smallest absolute Gasteiger partial charge is 0.275 e. The largest absolute Gasteiger partial charge is 0.345 e. The van der Waals surface area contributed by atoms with Gasteiger partial charge in [-0.25, -0.2) is 0 Å². The minimum Gasteiger partial charge on any atom is -0.345 e. The van der Waals surface area contributed by atoms with Crippen molar-refractivity contribution in [2.75, 3.05) is 32.7 Å². The molecule has 1 aliphatic rings. The predicted molar refractivity (Wildman–Crippen MR) is 109 cm³/mol. The zero-order valence-electron chi connectivity index (χ0n) is 15.6. The molecule has 144 valence electrons. The molecule has 6 heteroatoms. The maximum atomic E-state index is 12.4. The van der Waals surface area contributed by atoms with E-state index in [1.54, 1.807) is 4.90 Å².